The highest BCUT2D eigenvalue weighted by molar-refractivity contribution is 7.09. The summed E-state index contributed by atoms with van der Waals surface area (Å²) in [6.07, 6.45) is 1.23. The molecule has 0 unspecified atom stereocenters. The number of hydrogen-bond acceptors (Lipinski definition) is 6. The van der Waals surface area contributed by atoms with Crippen molar-refractivity contribution in [2.45, 2.75) is 46.2 Å². The van der Waals surface area contributed by atoms with E-state index in [1.807, 2.05) is 11.0 Å². The lowest BCUT2D eigenvalue weighted by molar-refractivity contribution is -0.132. The van der Waals surface area contributed by atoms with Crippen LogP contribution in [0.15, 0.2) is 54.6 Å². The lowest BCUT2D eigenvalue weighted by atomic mass is 10.1. The lowest BCUT2D eigenvalue weighted by Gasteiger charge is -2.35. The van der Waals surface area contributed by atoms with Gasteiger partial charge in [-0.15, -0.1) is 0 Å². The summed E-state index contributed by atoms with van der Waals surface area (Å²) in [4.78, 5) is 24.4. The molecular weight excluding hydrogens is 442 g/mol. The molecule has 180 valence electrons. The number of hydrogen-bond donors (Lipinski definition) is 0. The number of anilines is 1. The fourth-order valence-corrected chi connectivity index (χ4v) is 5.11. The fraction of sp³-hybridized carbons (Fsp3) is 0.444. The van der Waals surface area contributed by atoms with E-state index in [1.54, 1.807) is 0 Å². The average molecular weight is 478 g/mol. The van der Waals surface area contributed by atoms with Crippen LogP contribution < -0.4 is 4.90 Å². The van der Waals surface area contributed by atoms with E-state index < -0.39 is 0 Å². The summed E-state index contributed by atoms with van der Waals surface area (Å²) < 4.78 is 4.58. The molecule has 7 heteroatoms. The summed E-state index contributed by atoms with van der Waals surface area (Å²) in [5.41, 5.74) is 3.80. The quantitative estimate of drug-likeness (QED) is 0.458. The number of piperazine rings is 1. The van der Waals surface area contributed by atoms with Crippen LogP contribution in [0.25, 0.3) is 0 Å². The van der Waals surface area contributed by atoms with Crippen LogP contribution in [0.2, 0.25) is 0 Å². The van der Waals surface area contributed by atoms with Gasteiger partial charge in [0.2, 0.25) is 11.0 Å². The first-order valence-corrected chi connectivity index (χ1v) is 12.9. The summed E-state index contributed by atoms with van der Waals surface area (Å²) in [6, 6.07) is 19.3. The molecule has 1 aromatic heterocycles. The van der Waals surface area contributed by atoms with Gasteiger partial charge in [0.15, 0.2) is 0 Å². The predicted molar refractivity (Wildman–Crippen MR) is 139 cm³/mol. The Bertz CT molecular complexity index is 1040. The van der Waals surface area contributed by atoms with Crippen molar-refractivity contribution in [1.82, 2.24) is 19.2 Å². The fourth-order valence-electron chi connectivity index (χ4n) is 4.27. The third-order valence-electron chi connectivity index (χ3n) is 6.35. The minimum Gasteiger partial charge on any atom is -0.344 e. The first-order valence-electron chi connectivity index (χ1n) is 12.2. The van der Waals surface area contributed by atoms with Crippen molar-refractivity contribution in [2.75, 3.05) is 37.6 Å². The number of amides is 1. The minimum atomic E-state index is 0.231. The van der Waals surface area contributed by atoms with E-state index in [4.69, 9.17) is 4.98 Å². The van der Waals surface area contributed by atoms with E-state index in [1.165, 1.54) is 28.2 Å². The van der Waals surface area contributed by atoms with Gasteiger partial charge in [0.1, 0.15) is 5.82 Å². The van der Waals surface area contributed by atoms with E-state index in [-0.39, 0.29) is 11.9 Å². The average Bonchev–Trinajstić information content (AvgIpc) is 3.29. The Morgan fingerprint density at radius 1 is 1.00 bits per heavy atom. The van der Waals surface area contributed by atoms with Gasteiger partial charge in [0.05, 0.1) is 0 Å². The van der Waals surface area contributed by atoms with Crippen molar-refractivity contribution in [3.63, 3.8) is 0 Å². The molecular formula is C27H35N5OS. The second kappa shape index (κ2) is 11.6. The van der Waals surface area contributed by atoms with Gasteiger partial charge in [-0.05, 0) is 31.9 Å². The Balaban J connectivity index is 1.27. The monoisotopic (exact) mass is 477 g/mol. The Labute approximate surface area is 207 Å². The number of carbonyl (C=O) groups excluding carboxylic acids is 1. The SMILES string of the molecule is Cc1ccc(Cc2nsc(N(CCC(=O)N3CCN(Cc4ccccc4)CC3)C(C)C)n2)cc1. The van der Waals surface area contributed by atoms with Gasteiger partial charge in [0, 0.05) is 69.7 Å². The molecule has 3 aromatic rings. The number of rotatable bonds is 9. The van der Waals surface area contributed by atoms with Crippen LogP contribution in [0.5, 0.6) is 0 Å². The maximum absolute atomic E-state index is 12.9. The third kappa shape index (κ3) is 6.64. The van der Waals surface area contributed by atoms with E-state index in [0.29, 0.717) is 13.0 Å². The maximum Gasteiger partial charge on any atom is 0.224 e. The van der Waals surface area contributed by atoms with Crippen LogP contribution in [-0.4, -0.2) is 63.8 Å². The van der Waals surface area contributed by atoms with Crippen molar-refractivity contribution in [3.8, 4) is 0 Å². The number of nitrogens with zero attached hydrogens (tertiary/aromatic N) is 5. The van der Waals surface area contributed by atoms with Crippen LogP contribution in [-0.2, 0) is 17.8 Å². The Morgan fingerprint density at radius 2 is 1.71 bits per heavy atom. The van der Waals surface area contributed by atoms with Gasteiger partial charge in [-0.3, -0.25) is 9.69 Å². The molecule has 0 atom stereocenters. The number of aryl methyl sites for hydroxylation is 1. The molecule has 0 bridgehead atoms. The highest BCUT2D eigenvalue weighted by Crippen LogP contribution is 2.22. The lowest BCUT2D eigenvalue weighted by Crippen LogP contribution is -2.49. The van der Waals surface area contributed by atoms with Crippen molar-refractivity contribution >= 4 is 22.6 Å². The Hall–Kier alpha value is -2.77. The predicted octanol–water partition coefficient (Wildman–Crippen LogP) is 4.39. The van der Waals surface area contributed by atoms with Gasteiger partial charge in [-0.25, -0.2) is 4.98 Å². The molecule has 1 fully saturated rings. The van der Waals surface area contributed by atoms with Gasteiger partial charge in [-0.2, -0.15) is 4.37 Å². The van der Waals surface area contributed by atoms with Gasteiger partial charge < -0.3 is 9.80 Å². The molecule has 0 radical (unpaired) electrons. The molecule has 1 aliphatic rings. The van der Waals surface area contributed by atoms with Crippen LogP contribution in [0.3, 0.4) is 0 Å². The minimum absolute atomic E-state index is 0.231. The molecule has 4 rings (SSSR count). The zero-order chi connectivity index (χ0) is 23.9. The van der Waals surface area contributed by atoms with Gasteiger partial charge in [0.25, 0.3) is 0 Å². The first kappa shape index (κ1) is 24.4. The second-order valence-electron chi connectivity index (χ2n) is 9.34. The Kier molecular flexibility index (Phi) is 8.29. The maximum atomic E-state index is 12.9. The molecule has 1 amide bonds. The number of aromatic nitrogens is 2. The number of carbonyl (C=O) groups is 1. The molecule has 0 spiro atoms. The zero-order valence-electron chi connectivity index (χ0n) is 20.5. The summed E-state index contributed by atoms with van der Waals surface area (Å²) in [7, 11) is 0. The molecule has 34 heavy (non-hydrogen) atoms. The molecule has 0 aliphatic carbocycles. The Morgan fingerprint density at radius 3 is 2.38 bits per heavy atom. The number of benzene rings is 2. The van der Waals surface area contributed by atoms with Crippen molar-refractivity contribution in [3.05, 3.63) is 77.1 Å². The van der Waals surface area contributed by atoms with Crippen LogP contribution >= 0.6 is 11.5 Å². The molecule has 1 saturated heterocycles. The highest BCUT2D eigenvalue weighted by Gasteiger charge is 2.23. The molecule has 1 aliphatic heterocycles. The molecule has 0 saturated carbocycles. The normalized spacial score (nSPS) is 14.5. The summed E-state index contributed by atoms with van der Waals surface area (Å²) in [6.45, 7) is 11.4. The zero-order valence-corrected chi connectivity index (χ0v) is 21.3. The van der Waals surface area contributed by atoms with E-state index in [2.05, 4.69) is 83.5 Å². The third-order valence-corrected chi connectivity index (χ3v) is 7.14. The second-order valence-corrected chi connectivity index (χ2v) is 10.1. The molecule has 2 aromatic carbocycles. The van der Waals surface area contributed by atoms with Crippen molar-refractivity contribution in [1.29, 1.82) is 0 Å². The van der Waals surface area contributed by atoms with Crippen LogP contribution in [0, 0.1) is 6.92 Å². The summed E-state index contributed by atoms with van der Waals surface area (Å²) in [5.74, 6) is 1.07. The topological polar surface area (TPSA) is 52.6 Å². The summed E-state index contributed by atoms with van der Waals surface area (Å²) >= 11 is 1.43. The largest absolute Gasteiger partial charge is 0.344 e. The first-order chi connectivity index (χ1) is 16.5. The van der Waals surface area contributed by atoms with Gasteiger partial charge >= 0.3 is 0 Å². The van der Waals surface area contributed by atoms with Crippen LogP contribution in [0.1, 0.15) is 42.8 Å². The van der Waals surface area contributed by atoms with E-state index in [0.717, 1.165) is 50.1 Å². The van der Waals surface area contributed by atoms with Gasteiger partial charge in [-0.1, -0.05) is 60.2 Å². The molecule has 6 nitrogen and oxygen atoms in total. The van der Waals surface area contributed by atoms with E-state index >= 15 is 0 Å². The highest BCUT2D eigenvalue weighted by atomic mass is 32.1. The molecule has 0 N–H and O–H groups in total. The standard InChI is InChI=1S/C27H35N5OS/c1-21(2)32(27-28-25(29-34-27)19-23-11-9-22(3)10-12-23)14-13-26(33)31-17-15-30(16-18-31)20-24-7-5-4-6-8-24/h4-12,21H,13-20H2,1-3H3. The van der Waals surface area contributed by atoms with E-state index in [9.17, 15) is 4.79 Å². The smallest absolute Gasteiger partial charge is 0.224 e. The van der Waals surface area contributed by atoms with Crippen molar-refractivity contribution in [2.24, 2.45) is 0 Å². The van der Waals surface area contributed by atoms with Crippen LogP contribution in [0.4, 0.5) is 5.13 Å². The summed E-state index contributed by atoms with van der Waals surface area (Å²) in [5, 5.41) is 0.901. The molecule has 2 heterocycles. The van der Waals surface area contributed by atoms with Crippen molar-refractivity contribution < 1.29 is 4.79 Å².